The van der Waals surface area contributed by atoms with E-state index < -0.39 is 0 Å². The Bertz CT molecular complexity index is 1260. The molecule has 33 heavy (non-hydrogen) atoms. The van der Waals surface area contributed by atoms with Crippen molar-refractivity contribution >= 4 is 17.9 Å². The molecule has 168 valence electrons. The number of carbonyl (C=O) groups is 1. The van der Waals surface area contributed by atoms with E-state index in [0.29, 0.717) is 31.1 Å². The molecule has 1 unspecified atom stereocenters. The number of nitrogens with zero attached hydrogens (tertiary/aromatic N) is 4. The number of imidazole rings is 1. The molecule has 0 spiro atoms. The second-order valence-electron chi connectivity index (χ2n) is 8.11. The van der Waals surface area contributed by atoms with Gasteiger partial charge in [-0.3, -0.25) is 9.89 Å². The van der Waals surface area contributed by atoms with Crippen LogP contribution in [0.2, 0.25) is 0 Å². The summed E-state index contributed by atoms with van der Waals surface area (Å²) < 4.78 is 21.0. The summed E-state index contributed by atoms with van der Waals surface area (Å²) in [4.78, 5) is 23.4. The summed E-state index contributed by atoms with van der Waals surface area (Å²) in [6, 6.07) is 11.9. The first-order valence-electron chi connectivity index (χ1n) is 10.8. The monoisotopic (exact) mass is 445 g/mol. The number of benzene rings is 2. The Kier molecular flexibility index (Phi) is 5.42. The number of carbonyl (C=O) groups excluding carboxylic acids is 1. The van der Waals surface area contributed by atoms with Gasteiger partial charge in [0.2, 0.25) is 0 Å². The number of rotatable bonds is 4. The molecular weight excluding hydrogens is 421 g/mol. The number of aryl methyl sites for hydroxylation is 1. The van der Waals surface area contributed by atoms with Crippen LogP contribution in [-0.4, -0.2) is 46.5 Å². The normalized spacial score (nSPS) is 19.2. The molecule has 3 aromatic rings. The van der Waals surface area contributed by atoms with Crippen LogP contribution in [0.5, 0.6) is 5.75 Å². The number of halogens is 1. The summed E-state index contributed by atoms with van der Waals surface area (Å²) in [6.07, 6.45) is 6.40. The van der Waals surface area contributed by atoms with E-state index in [1.807, 2.05) is 42.0 Å². The fourth-order valence-corrected chi connectivity index (χ4v) is 4.34. The SMILES string of the molecule is COc1cc(C=C2CNC(=O)N3C2=NCCC3c2ccc(F)cc2)ccc1-n1cnc(C)c1. The molecule has 2 aliphatic heterocycles. The lowest BCUT2D eigenvalue weighted by atomic mass is 9.97. The van der Waals surface area contributed by atoms with Gasteiger partial charge >= 0.3 is 6.03 Å². The van der Waals surface area contributed by atoms with Crippen molar-refractivity contribution in [1.82, 2.24) is 19.8 Å². The lowest BCUT2D eigenvalue weighted by molar-refractivity contribution is 0.201. The fourth-order valence-electron chi connectivity index (χ4n) is 4.34. The Morgan fingerprint density at radius 3 is 2.76 bits per heavy atom. The fraction of sp³-hybridized carbons (Fsp3) is 0.240. The van der Waals surface area contributed by atoms with Crippen molar-refractivity contribution in [3.63, 3.8) is 0 Å². The van der Waals surface area contributed by atoms with Gasteiger partial charge in [0, 0.05) is 24.9 Å². The van der Waals surface area contributed by atoms with Crippen LogP contribution in [0, 0.1) is 12.7 Å². The molecule has 1 atom stereocenters. The highest BCUT2D eigenvalue weighted by Crippen LogP contribution is 2.33. The molecule has 1 N–H and O–H groups in total. The van der Waals surface area contributed by atoms with Gasteiger partial charge in [-0.1, -0.05) is 18.2 Å². The molecule has 8 heteroatoms. The summed E-state index contributed by atoms with van der Waals surface area (Å²) in [5, 5.41) is 2.95. The maximum atomic E-state index is 13.4. The number of amidine groups is 1. The Morgan fingerprint density at radius 1 is 1.21 bits per heavy atom. The zero-order chi connectivity index (χ0) is 22.9. The average molecular weight is 445 g/mol. The van der Waals surface area contributed by atoms with Crippen molar-refractivity contribution < 1.29 is 13.9 Å². The Morgan fingerprint density at radius 2 is 2.03 bits per heavy atom. The molecule has 0 bridgehead atoms. The van der Waals surface area contributed by atoms with E-state index in [-0.39, 0.29) is 17.9 Å². The minimum absolute atomic E-state index is 0.191. The topological polar surface area (TPSA) is 71.8 Å². The summed E-state index contributed by atoms with van der Waals surface area (Å²) >= 11 is 0. The van der Waals surface area contributed by atoms with Gasteiger partial charge in [-0.25, -0.2) is 14.2 Å². The molecule has 0 radical (unpaired) electrons. The highest BCUT2D eigenvalue weighted by atomic mass is 19.1. The minimum Gasteiger partial charge on any atom is -0.495 e. The smallest absolute Gasteiger partial charge is 0.323 e. The molecule has 1 saturated heterocycles. The molecule has 1 fully saturated rings. The van der Waals surface area contributed by atoms with Crippen LogP contribution in [-0.2, 0) is 0 Å². The van der Waals surface area contributed by atoms with E-state index in [1.54, 1.807) is 30.5 Å². The molecule has 3 heterocycles. The quantitative estimate of drug-likeness (QED) is 0.652. The molecular formula is C25H24FN5O2. The first-order valence-corrected chi connectivity index (χ1v) is 10.8. The third kappa shape index (κ3) is 4.00. The van der Waals surface area contributed by atoms with Crippen molar-refractivity contribution in [2.24, 2.45) is 4.99 Å². The number of nitrogens with one attached hydrogen (secondary N) is 1. The predicted octanol–water partition coefficient (Wildman–Crippen LogP) is 4.28. The van der Waals surface area contributed by atoms with Gasteiger partial charge < -0.3 is 14.6 Å². The zero-order valence-electron chi connectivity index (χ0n) is 18.5. The molecule has 2 amide bonds. The van der Waals surface area contributed by atoms with Crippen LogP contribution in [0.15, 0.2) is 65.6 Å². The molecule has 2 aromatic carbocycles. The largest absolute Gasteiger partial charge is 0.495 e. The summed E-state index contributed by atoms with van der Waals surface area (Å²) in [6.45, 7) is 2.92. The van der Waals surface area contributed by atoms with Crippen molar-refractivity contribution in [3.05, 3.63) is 83.2 Å². The van der Waals surface area contributed by atoms with Crippen LogP contribution < -0.4 is 10.1 Å². The van der Waals surface area contributed by atoms with E-state index in [4.69, 9.17) is 4.74 Å². The standard InChI is InChI=1S/C25H24FN5O2/c1-16-14-30(15-29-16)22-8-3-17(12-23(22)33-2)11-19-13-28-25(32)31-21(9-10-27-24(19)31)18-4-6-20(26)7-5-18/h3-8,11-12,14-15,21H,9-10,13H2,1-2H3,(H,28,32). The molecule has 1 aromatic heterocycles. The number of amides is 2. The van der Waals surface area contributed by atoms with Crippen LogP contribution in [0.4, 0.5) is 9.18 Å². The second-order valence-corrected chi connectivity index (χ2v) is 8.11. The van der Waals surface area contributed by atoms with E-state index >= 15 is 0 Å². The third-order valence-electron chi connectivity index (χ3n) is 5.93. The lowest BCUT2D eigenvalue weighted by Gasteiger charge is -2.39. The van der Waals surface area contributed by atoms with E-state index in [1.165, 1.54) is 12.1 Å². The van der Waals surface area contributed by atoms with E-state index in [0.717, 1.165) is 28.1 Å². The highest BCUT2D eigenvalue weighted by Gasteiger charge is 2.36. The second kappa shape index (κ2) is 8.54. The molecule has 5 rings (SSSR count). The van der Waals surface area contributed by atoms with E-state index in [2.05, 4.69) is 15.3 Å². The van der Waals surface area contributed by atoms with E-state index in [9.17, 15) is 9.18 Å². The first-order chi connectivity index (χ1) is 16.0. The van der Waals surface area contributed by atoms with Crippen LogP contribution >= 0.6 is 0 Å². The molecule has 7 nitrogen and oxygen atoms in total. The number of hydrogen-bond acceptors (Lipinski definition) is 4. The van der Waals surface area contributed by atoms with Crippen molar-refractivity contribution in [1.29, 1.82) is 0 Å². The zero-order valence-corrected chi connectivity index (χ0v) is 18.5. The number of fused-ring (bicyclic) bond motifs is 1. The number of methoxy groups -OCH3 is 1. The number of aromatic nitrogens is 2. The van der Waals surface area contributed by atoms with Crippen molar-refractivity contribution in [2.75, 3.05) is 20.2 Å². The van der Waals surface area contributed by atoms with Crippen LogP contribution in [0.1, 0.15) is 29.3 Å². The molecule has 2 aliphatic rings. The van der Waals surface area contributed by atoms with Gasteiger partial charge in [0.15, 0.2) is 0 Å². The average Bonchev–Trinajstić information content (AvgIpc) is 3.27. The first kappa shape index (κ1) is 20.9. The predicted molar refractivity (Wildman–Crippen MR) is 124 cm³/mol. The van der Waals surface area contributed by atoms with Gasteiger partial charge in [-0.2, -0.15) is 0 Å². The summed E-state index contributed by atoms with van der Waals surface area (Å²) in [5.41, 5.74) is 4.55. The van der Waals surface area contributed by atoms with Crippen molar-refractivity contribution in [2.45, 2.75) is 19.4 Å². The van der Waals surface area contributed by atoms with Gasteiger partial charge in [0.25, 0.3) is 0 Å². The van der Waals surface area contributed by atoms with Gasteiger partial charge in [-0.15, -0.1) is 0 Å². The Hall–Kier alpha value is -3.94. The molecule has 0 aliphatic carbocycles. The lowest BCUT2D eigenvalue weighted by Crippen LogP contribution is -2.54. The van der Waals surface area contributed by atoms with Crippen LogP contribution in [0.25, 0.3) is 11.8 Å². The molecule has 0 saturated carbocycles. The third-order valence-corrected chi connectivity index (χ3v) is 5.93. The minimum atomic E-state index is -0.296. The number of hydrogen-bond donors (Lipinski definition) is 1. The summed E-state index contributed by atoms with van der Waals surface area (Å²) in [5.74, 6) is 1.08. The Labute approximate surface area is 191 Å². The van der Waals surface area contributed by atoms with Gasteiger partial charge in [0.05, 0.1) is 30.9 Å². The maximum absolute atomic E-state index is 13.4. The highest BCUT2D eigenvalue weighted by molar-refractivity contribution is 6.13. The maximum Gasteiger partial charge on any atom is 0.323 e. The summed E-state index contributed by atoms with van der Waals surface area (Å²) in [7, 11) is 1.64. The van der Waals surface area contributed by atoms with Gasteiger partial charge in [0.1, 0.15) is 17.4 Å². The number of urea groups is 1. The number of ether oxygens (including phenoxy) is 1. The number of aliphatic imine (C=N–C) groups is 1. The Balaban J connectivity index is 1.48. The van der Waals surface area contributed by atoms with Crippen LogP contribution in [0.3, 0.4) is 0 Å². The van der Waals surface area contributed by atoms with Crippen molar-refractivity contribution in [3.8, 4) is 11.4 Å². The van der Waals surface area contributed by atoms with Gasteiger partial charge in [-0.05, 0) is 54.8 Å².